The molecule has 0 aliphatic heterocycles. The van der Waals surface area contributed by atoms with Gasteiger partial charge in [-0.3, -0.25) is 9.89 Å². The molecule has 0 fully saturated rings. The van der Waals surface area contributed by atoms with E-state index in [-0.39, 0.29) is 29.8 Å². The number of rotatable bonds is 6. The van der Waals surface area contributed by atoms with Gasteiger partial charge in [0.15, 0.2) is 0 Å². The van der Waals surface area contributed by atoms with Crippen LogP contribution >= 0.6 is 0 Å². The normalized spacial score (nSPS) is 11.7. The molecule has 0 saturated heterocycles. The van der Waals surface area contributed by atoms with Crippen LogP contribution in [0.25, 0.3) is 0 Å². The first kappa shape index (κ1) is 13.7. The van der Waals surface area contributed by atoms with Crippen LogP contribution in [0.15, 0.2) is 17.3 Å². The second-order valence-electron chi connectivity index (χ2n) is 3.80. The lowest BCUT2D eigenvalue weighted by molar-refractivity contribution is -0.121. The van der Waals surface area contributed by atoms with Crippen molar-refractivity contribution in [3.05, 3.63) is 12.4 Å². The molecule has 0 atom stereocenters. The molecule has 1 heterocycles. The van der Waals surface area contributed by atoms with Crippen molar-refractivity contribution < 1.29 is 13.2 Å². The predicted molar refractivity (Wildman–Crippen MR) is 61.7 cm³/mol. The largest absolute Gasteiger partial charge is 0.354 e. The molecular weight excluding hydrogens is 244 g/mol. The number of sulfonamides is 1. The van der Waals surface area contributed by atoms with Gasteiger partial charge in [-0.15, -0.1) is 0 Å². The minimum absolute atomic E-state index is 0.0491. The van der Waals surface area contributed by atoms with E-state index in [9.17, 15) is 13.2 Å². The van der Waals surface area contributed by atoms with E-state index in [0.29, 0.717) is 0 Å². The van der Waals surface area contributed by atoms with Crippen LogP contribution in [-0.2, 0) is 14.8 Å². The summed E-state index contributed by atoms with van der Waals surface area (Å²) >= 11 is 0. The number of hydrogen-bond acceptors (Lipinski definition) is 4. The molecule has 17 heavy (non-hydrogen) atoms. The number of H-pyrrole nitrogens is 1. The lowest BCUT2D eigenvalue weighted by Gasteiger charge is -2.08. The Labute approximate surface area is 100 Å². The van der Waals surface area contributed by atoms with Gasteiger partial charge in [0.1, 0.15) is 4.90 Å². The fourth-order valence-corrected chi connectivity index (χ4v) is 2.10. The first-order valence-corrected chi connectivity index (χ1v) is 6.68. The minimum atomic E-state index is -3.56. The van der Waals surface area contributed by atoms with Gasteiger partial charge < -0.3 is 5.32 Å². The molecular formula is C9H16N4O3S. The number of aromatic nitrogens is 2. The molecule has 8 heteroatoms. The summed E-state index contributed by atoms with van der Waals surface area (Å²) in [5.41, 5.74) is 0. The first-order chi connectivity index (χ1) is 7.92. The van der Waals surface area contributed by atoms with Gasteiger partial charge in [0.25, 0.3) is 0 Å². The molecule has 1 aromatic rings. The summed E-state index contributed by atoms with van der Waals surface area (Å²) in [6.07, 6.45) is 2.59. The van der Waals surface area contributed by atoms with Crippen LogP contribution in [0.3, 0.4) is 0 Å². The van der Waals surface area contributed by atoms with Crippen molar-refractivity contribution in [3.63, 3.8) is 0 Å². The van der Waals surface area contributed by atoms with E-state index in [2.05, 4.69) is 20.2 Å². The maximum absolute atomic E-state index is 11.6. The van der Waals surface area contributed by atoms with Gasteiger partial charge in [-0.1, -0.05) is 0 Å². The molecule has 96 valence electrons. The molecule has 0 aromatic carbocycles. The van der Waals surface area contributed by atoms with Gasteiger partial charge in [-0.2, -0.15) is 5.10 Å². The molecule has 1 aromatic heterocycles. The fourth-order valence-electron chi connectivity index (χ4n) is 1.16. The summed E-state index contributed by atoms with van der Waals surface area (Å²) in [6.45, 7) is 3.74. The van der Waals surface area contributed by atoms with E-state index in [1.54, 1.807) is 0 Å². The van der Waals surface area contributed by atoms with Crippen LogP contribution in [0.5, 0.6) is 0 Å². The Morgan fingerprint density at radius 1 is 1.53 bits per heavy atom. The van der Waals surface area contributed by atoms with Gasteiger partial charge in [0.05, 0.1) is 6.20 Å². The Hall–Kier alpha value is -1.41. The molecule has 0 unspecified atom stereocenters. The monoisotopic (exact) mass is 260 g/mol. The summed E-state index contributed by atoms with van der Waals surface area (Å²) in [5, 5.41) is 8.63. The van der Waals surface area contributed by atoms with Crippen molar-refractivity contribution in [3.8, 4) is 0 Å². The summed E-state index contributed by atoms with van der Waals surface area (Å²) in [5.74, 6) is -0.185. The van der Waals surface area contributed by atoms with Crippen molar-refractivity contribution in [1.82, 2.24) is 20.2 Å². The van der Waals surface area contributed by atoms with Gasteiger partial charge in [0, 0.05) is 25.2 Å². The van der Waals surface area contributed by atoms with Crippen molar-refractivity contribution in [2.24, 2.45) is 0 Å². The van der Waals surface area contributed by atoms with Crippen molar-refractivity contribution in [2.75, 3.05) is 6.54 Å². The highest BCUT2D eigenvalue weighted by Gasteiger charge is 2.15. The van der Waals surface area contributed by atoms with Crippen LogP contribution in [0.1, 0.15) is 20.3 Å². The SMILES string of the molecule is CC(C)NC(=O)CCNS(=O)(=O)c1cn[nH]c1. The van der Waals surface area contributed by atoms with Crippen LogP contribution < -0.4 is 10.0 Å². The number of hydrogen-bond donors (Lipinski definition) is 3. The van der Waals surface area contributed by atoms with E-state index in [0.717, 1.165) is 0 Å². The predicted octanol–water partition coefficient (Wildman–Crippen LogP) is -0.397. The molecule has 3 N–H and O–H groups in total. The standard InChI is InChI=1S/C9H16N4O3S/c1-7(2)13-9(14)3-4-12-17(15,16)8-5-10-11-6-8/h5-7,12H,3-4H2,1-2H3,(H,10,11)(H,13,14). The van der Waals surface area contributed by atoms with Crippen molar-refractivity contribution >= 4 is 15.9 Å². The van der Waals surface area contributed by atoms with E-state index in [4.69, 9.17) is 0 Å². The van der Waals surface area contributed by atoms with Gasteiger partial charge in [-0.05, 0) is 13.8 Å². The highest BCUT2D eigenvalue weighted by Crippen LogP contribution is 2.03. The number of amides is 1. The molecule has 1 amide bonds. The smallest absolute Gasteiger partial charge is 0.243 e. The Morgan fingerprint density at radius 3 is 2.76 bits per heavy atom. The highest BCUT2D eigenvalue weighted by molar-refractivity contribution is 7.89. The fraction of sp³-hybridized carbons (Fsp3) is 0.556. The van der Waals surface area contributed by atoms with Crippen LogP contribution in [0, 0.1) is 0 Å². The lowest BCUT2D eigenvalue weighted by Crippen LogP contribution is -2.34. The third-order valence-corrected chi connectivity index (χ3v) is 3.31. The maximum atomic E-state index is 11.6. The van der Waals surface area contributed by atoms with Crippen molar-refractivity contribution in [1.29, 1.82) is 0 Å². The molecule has 1 rings (SSSR count). The van der Waals surface area contributed by atoms with Gasteiger partial charge >= 0.3 is 0 Å². The molecule has 0 radical (unpaired) electrons. The maximum Gasteiger partial charge on any atom is 0.243 e. The van der Waals surface area contributed by atoms with Gasteiger partial charge in [-0.25, -0.2) is 13.1 Å². The molecule has 0 spiro atoms. The molecule has 0 bridgehead atoms. The quantitative estimate of drug-likeness (QED) is 0.647. The zero-order valence-electron chi connectivity index (χ0n) is 9.73. The summed E-state index contributed by atoms with van der Waals surface area (Å²) in [6, 6.07) is 0.0491. The number of nitrogens with one attached hydrogen (secondary N) is 3. The van der Waals surface area contributed by atoms with Crippen molar-refractivity contribution in [2.45, 2.75) is 31.2 Å². The zero-order valence-corrected chi connectivity index (χ0v) is 10.5. The van der Waals surface area contributed by atoms with E-state index in [1.807, 2.05) is 13.8 Å². The van der Waals surface area contributed by atoms with E-state index >= 15 is 0 Å². The summed E-state index contributed by atoms with van der Waals surface area (Å²) in [7, 11) is -3.56. The average Bonchev–Trinajstić information content (AvgIpc) is 2.68. The second kappa shape index (κ2) is 5.78. The number of nitrogens with zero attached hydrogens (tertiary/aromatic N) is 1. The van der Waals surface area contributed by atoms with Crippen LogP contribution in [-0.4, -0.2) is 37.1 Å². The third kappa shape index (κ3) is 4.53. The Morgan fingerprint density at radius 2 is 2.24 bits per heavy atom. The highest BCUT2D eigenvalue weighted by atomic mass is 32.2. The first-order valence-electron chi connectivity index (χ1n) is 5.19. The Balaban J connectivity index is 2.39. The molecule has 7 nitrogen and oxygen atoms in total. The third-order valence-electron chi connectivity index (χ3n) is 1.88. The molecule has 0 aliphatic carbocycles. The Bertz CT molecular complexity index is 453. The van der Waals surface area contributed by atoms with E-state index < -0.39 is 10.0 Å². The van der Waals surface area contributed by atoms with Crippen LogP contribution in [0.4, 0.5) is 0 Å². The molecule has 0 aliphatic rings. The topological polar surface area (TPSA) is 104 Å². The summed E-state index contributed by atoms with van der Waals surface area (Å²) < 4.78 is 25.5. The number of aromatic amines is 1. The lowest BCUT2D eigenvalue weighted by atomic mass is 10.3. The minimum Gasteiger partial charge on any atom is -0.354 e. The van der Waals surface area contributed by atoms with Crippen LogP contribution in [0.2, 0.25) is 0 Å². The molecule has 0 saturated carbocycles. The number of carbonyl (C=O) groups excluding carboxylic acids is 1. The van der Waals surface area contributed by atoms with E-state index in [1.165, 1.54) is 12.4 Å². The summed E-state index contributed by atoms with van der Waals surface area (Å²) in [4.78, 5) is 11.3. The van der Waals surface area contributed by atoms with Gasteiger partial charge in [0.2, 0.25) is 15.9 Å². The average molecular weight is 260 g/mol. The second-order valence-corrected chi connectivity index (χ2v) is 5.57. The number of carbonyl (C=O) groups is 1. The Kier molecular flexibility index (Phi) is 4.64. The zero-order chi connectivity index (χ0) is 12.9.